The first-order chi connectivity index (χ1) is 14.7. The van der Waals surface area contributed by atoms with Gasteiger partial charge in [0.1, 0.15) is 18.4 Å². The molecule has 0 bridgehead atoms. The number of fused-ring (bicyclic) bond motifs is 2. The van der Waals surface area contributed by atoms with Crippen molar-refractivity contribution in [2.24, 2.45) is 0 Å². The van der Waals surface area contributed by atoms with Gasteiger partial charge in [0.2, 0.25) is 5.91 Å². The van der Waals surface area contributed by atoms with E-state index in [0.29, 0.717) is 24.8 Å². The maximum atomic E-state index is 12.8. The number of carbonyl (C=O) groups excluding carboxylic acids is 1. The predicted molar refractivity (Wildman–Crippen MR) is 116 cm³/mol. The minimum Gasteiger partial charge on any atom is -0.497 e. The molecule has 8 heteroatoms. The Balaban J connectivity index is 1.18. The Morgan fingerprint density at radius 3 is 2.83 bits per heavy atom. The van der Waals surface area contributed by atoms with Gasteiger partial charge in [-0.1, -0.05) is 23.5 Å². The summed E-state index contributed by atoms with van der Waals surface area (Å²) in [5.74, 6) is 0.903. The number of rotatable bonds is 5. The number of ether oxygens (including phenoxy) is 2. The molecule has 1 fully saturated rings. The Kier molecular flexibility index (Phi) is 5.00. The average molecular weight is 423 g/mol. The van der Waals surface area contributed by atoms with Crippen LogP contribution in [0.2, 0.25) is 0 Å². The minimum atomic E-state index is 0.0746. The Morgan fingerprint density at radius 1 is 1.17 bits per heavy atom. The first-order valence-corrected chi connectivity index (χ1v) is 10.8. The molecular weight excluding hydrogens is 400 g/mol. The normalized spacial score (nSPS) is 15.0. The molecule has 30 heavy (non-hydrogen) atoms. The van der Waals surface area contributed by atoms with E-state index in [0.717, 1.165) is 39.8 Å². The number of carbonyl (C=O) groups is 1. The van der Waals surface area contributed by atoms with Crippen LogP contribution in [0.5, 0.6) is 10.9 Å². The van der Waals surface area contributed by atoms with Gasteiger partial charge in [-0.3, -0.25) is 4.79 Å². The van der Waals surface area contributed by atoms with E-state index >= 15 is 0 Å². The number of likely N-dealkylation sites (tertiary alicyclic amines) is 1. The lowest BCUT2D eigenvalue weighted by Crippen LogP contribution is -2.43. The highest BCUT2D eigenvalue weighted by Crippen LogP contribution is 2.32. The molecule has 154 valence electrons. The number of thiazole rings is 1. The fourth-order valence-electron chi connectivity index (χ4n) is 3.81. The number of nitrogens with zero attached hydrogens (tertiary/aromatic N) is 4. The zero-order chi connectivity index (χ0) is 20.5. The lowest BCUT2D eigenvalue weighted by atomic mass is 10.1. The fraction of sp³-hybridized carbons (Fsp3) is 0.318. The van der Waals surface area contributed by atoms with Crippen molar-refractivity contribution in [2.45, 2.75) is 25.5 Å². The lowest BCUT2D eigenvalue weighted by Gasteiger charge is -2.31. The maximum Gasteiger partial charge on any atom is 0.274 e. The highest BCUT2D eigenvalue weighted by molar-refractivity contribution is 7.20. The van der Waals surface area contributed by atoms with Crippen LogP contribution < -0.4 is 9.47 Å². The highest BCUT2D eigenvalue weighted by Gasteiger charge is 2.25. The first kappa shape index (κ1) is 18.9. The number of hydrogen-bond acceptors (Lipinski definition) is 6. The predicted octanol–water partition coefficient (Wildman–Crippen LogP) is 3.72. The lowest BCUT2D eigenvalue weighted by molar-refractivity contribution is -0.133. The Labute approximate surface area is 177 Å². The summed E-state index contributed by atoms with van der Waals surface area (Å²) in [5.41, 5.74) is 2.77. The van der Waals surface area contributed by atoms with E-state index in [4.69, 9.17) is 9.47 Å². The van der Waals surface area contributed by atoms with E-state index in [1.807, 2.05) is 51.9 Å². The van der Waals surface area contributed by atoms with Gasteiger partial charge >= 0.3 is 0 Å². The third-order valence-corrected chi connectivity index (χ3v) is 6.40. The number of aromatic nitrogens is 3. The van der Waals surface area contributed by atoms with Crippen LogP contribution in [0, 0.1) is 0 Å². The summed E-state index contributed by atoms with van der Waals surface area (Å²) in [4.78, 5) is 23.6. The molecule has 0 radical (unpaired) electrons. The standard InChI is InChI=1S/C22H22N4O3S/c1-28-16-6-7-20-18(12-16)24-22(30-20)29-15-8-10-25(11-9-15)21(27)13-26-14-23-17-4-2-3-5-19(17)26/h2-7,12,14-15H,8-11,13H2,1H3. The van der Waals surface area contributed by atoms with Gasteiger partial charge in [-0.2, -0.15) is 0 Å². The van der Waals surface area contributed by atoms with Crippen LogP contribution >= 0.6 is 11.3 Å². The largest absolute Gasteiger partial charge is 0.497 e. The van der Waals surface area contributed by atoms with Crippen LogP contribution in [0.4, 0.5) is 0 Å². The Hall–Kier alpha value is -3.13. The van der Waals surface area contributed by atoms with Crippen molar-refractivity contribution in [1.82, 2.24) is 19.4 Å². The second-order valence-electron chi connectivity index (χ2n) is 7.37. The second kappa shape index (κ2) is 7.95. The van der Waals surface area contributed by atoms with Crippen molar-refractivity contribution >= 4 is 38.5 Å². The molecule has 2 aromatic heterocycles. The number of para-hydroxylation sites is 2. The van der Waals surface area contributed by atoms with Crippen LogP contribution in [0.25, 0.3) is 21.3 Å². The molecule has 0 spiro atoms. The second-order valence-corrected chi connectivity index (χ2v) is 8.37. The summed E-state index contributed by atoms with van der Waals surface area (Å²) >= 11 is 1.54. The van der Waals surface area contributed by atoms with Gasteiger partial charge < -0.3 is 18.9 Å². The zero-order valence-corrected chi connectivity index (χ0v) is 17.5. The summed E-state index contributed by atoms with van der Waals surface area (Å²) < 4.78 is 14.4. The molecule has 0 N–H and O–H groups in total. The number of benzene rings is 2. The third kappa shape index (κ3) is 3.70. The summed E-state index contributed by atoms with van der Waals surface area (Å²) in [6, 6.07) is 13.7. The summed E-state index contributed by atoms with van der Waals surface area (Å²) in [5, 5.41) is 0.674. The molecule has 0 aliphatic carbocycles. The summed E-state index contributed by atoms with van der Waals surface area (Å²) in [6.45, 7) is 1.69. The zero-order valence-electron chi connectivity index (χ0n) is 16.7. The van der Waals surface area contributed by atoms with Crippen molar-refractivity contribution in [3.8, 4) is 10.9 Å². The van der Waals surface area contributed by atoms with Gasteiger partial charge in [-0.25, -0.2) is 9.97 Å². The smallest absolute Gasteiger partial charge is 0.274 e. The van der Waals surface area contributed by atoms with E-state index < -0.39 is 0 Å². The number of piperidine rings is 1. The Bertz CT molecular complexity index is 1190. The summed E-state index contributed by atoms with van der Waals surface area (Å²) in [6.07, 6.45) is 3.41. The van der Waals surface area contributed by atoms with Gasteiger partial charge in [-0.05, 0) is 24.3 Å². The molecule has 0 unspecified atom stereocenters. The van der Waals surface area contributed by atoms with E-state index in [9.17, 15) is 4.79 Å². The van der Waals surface area contributed by atoms with Gasteiger partial charge in [0, 0.05) is 32.0 Å². The molecule has 4 aromatic rings. The van der Waals surface area contributed by atoms with Crippen molar-refractivity contribution in [2.75, 3.05) is 20.2 Å². The van der Waals surface area contributed by atoms with Crippen LogP contribution in [0.15, 0.2) is 48.8 Å². The van der Waals surface area contributed by atoms with Crippen molar-refractivity contribution < 1.29 is 14.3 Å². The number of methoxy groups -OCH3 is 1. The first-order valence-electron chi connectivity index (χ1n) is 9.98. The third-order valence-electron chi connectivity index (χ3n) is 5.47. The molecule has 1 aliphatic rings. The molecule has 1 aliphatic heterocycles. The van der Waals surface area contributed by atoms with Gasteiger partial charge in [0.25, 0.3) is 5.19 Å². The van der Waals surface area contributed by atoms with Crippen LogP contribution in [0.3, 0.4) is 0 Å². The molecule has 1 saturated heterocycles. The number of imidazole rings is 1. The van der Waals surface area contributed by atoms with Crippen molar-refractivity contribution in [3.05, 3.63) is 48.8 Å². The van der Waals surface area contributed by atoms with E-state index in [-0.39, 0.29) is 12.0 Å². The van der Waals surface area contributed by atoms with Crippen LogP contribution in [0.1, 0.15) is 12.8 Å². The average Bonchev–Trinajstić information content (AvgIpc) is 3.37. The van der Waals surface area contributed by atoms with E-state index in [1.165, 1.54) is 0 Å². The summed E-state index contributed by atoms with van der Waals surface area (Å²) in [7, 11) is 1.65. The SMILES string of the molecule is COc1ccc2sc(OC3CCN(C(=O)Cn4cnc5ccccc54)CC3)nc2c1. The molecular formula is C22H22N4O3S. The number of amides is 1. The van der Waals surface area contributed by atoms with Crippen LogP contribution in [-0.4, -0.2) is 51.6 Å². The molecule has 0 atom stereocenters. The van der Waals surface area contributed by atoms with Gasteiger partial charge in [-0.15, -0.1) is 0 Å². The van der Waals surface area contributed by atoms with E-state index in [2.05, 4.69) is 9.97 Å². The topological polar surface area (TPSA) is 69.5 Å². The highest BCUT2D eigenvalue weighted by atomic mass is 32.1. The fourth-order valence-corrected chi connectivity index (χ4v) is 4.67. The Morgan fingerprint density at radius 2 is 2.00 bits per heavy atom. The van der Waals surface area contributed by atoms with Gasteiger partial charge in [0.15, 0.2) is 0 Å². The van der Waals surface area contributed by atoms with Crippen molar-refractivity contribution in [1.29, 1.82) is 0 Å². The molecule has 2 aromatic carbocycles. The van der Waals surface area contributed by atoms with Crippen molar-refractivity contribution in [3.63, 3.8) is 0 Å². The molecule has 1 amide bonds. The molecule has 3 heterocycles. The monoisotopic (exact) mass is 422 g/mol. The quantitative estimate of drug-likeness (QED) is 0.490. The van der Waals surface area contributed by atoms with Crippen LogP contribution in [-0.2, 0) is 11.3 Å². The minimum absolute atomic E-state index is 0.0746. The van der Waals surface area contributed by atoms with E-state index in [1.54, 1.807) is 24.8 Å². The van der Waals surface area contributed by atoms with Gasteiger partial charge in [0.05, 0.1) is 34.7 Å². The number of hydrogen-bond donors (Lipinski definition) is 0. The molecule has 0 saturated carbocycles. The maximum absolute atomic E-state index is 12.8. The molecule has 5 rings (SSSR count). The molecule has 7 nitrogen and oxygen atoms in total.